The summed E-state index contributed by atoms with van der Waals surface area (Å²) in [6.45, 7) is 4.67. The van der Waals surface area contributed by atoms with Gasteiger partial charge in [-0.1, -0.05) is 25.5 Å². The van der Waals surface area contributed by atoms with Gasteiger partial charge in [0.05, 0.1) is 0 Å². The SMILES string of the molecule is CC1(C)CCC/C(=C\CCC=O)C1. The molecule has 74 valence electrons. The quantitative estimate of drug-likeness (QED) is 0.369. The van der Waals surface area contributed by atoms with E-state index in [1.54, 1.807) is 5.57 Å². The number of aldehydes is 1. The van der Waals surface area contributed by atoms with Crippen molar-refractivity contribution in [2.45, 2.75) is 52.4 Å². The van der Waals surface area contributed by atoms with Gasteiger partial charge in [0.25, 0.3) is 0 Å². The van der Waals surface area contributed by atoms with Gasteiger partial charge in [-0.3, -0.25) is 0 Å². The summed E-state index contributed by atoms with van der Waals surface area (Å²) in [6.07, 6.45) is 10.0. The molecule has 0 radical (unpaired) electrons. The number of hydrogen-bond acceptors (Lipinski definition) is 1. The van der Waals surface area contributed by atoms with Gasteiger partial charge >= 0.3 is 0 Å². The first-order valence-corrected chi connectivity index (χ1v) is 5.26. The highest BCUT2D eigenvalue weighted by molar-refractivity contribution is 5.49. The van der Waals surface area contributed by atoms with E-state index in [4.69, 9.17) is 0 Å². The smallest absolute Gasteiger partial charge is 0.120 e. The van der Waals surface area contributed by atoms with Crippen LogP contribution in [0.4, 0.5) is 0 Å². The lowest BCUT2D eigenvalue weighted by molar-refractivity contribution is -0.107. The lowest BCUT2D eigenvalue weighted by atomic mass is 9.75. The van der Waals surface area contributed by atoms with Gasteiger partial charge in [-0.15, -0.1) is 0 Å². The Bertz CT molecular complexity index is 201. The Morgan fingerprint density at radius 3 is 2.77 bits per heavy atom. The second-order valence-electron chi connectivity index (χ2n) is 4.80. The molecule has 0 atom stereocenters. The zero-order valence-electron chi connectivity index (χ0n) is 8.81. The standard InChI is InChI=1S/C12H20O/c1-12(2)8-5-7-11(10-12)6-3-4-9-13/h6,9H,3-5,7-8,10H2,1-2H3/b11-6+. The lowest BCUT2D eigenvalue weighted by Gasteiger charge is -2.31. The maximum absolute atomic E-state index is 10.1. The Balaban J connectivity index is 2.41. The van der Waals surface area contributed by atoms with Crippen molar-refractivity contribution >= 4 is 6.29 Å². The lowest BCUT2D eigenvalue weighted by Crippen LogP contribution is -2.16. The van der Waals surface area contributed by atoms with Crippen LogP contribution in [0.5, 0.6) is 0 Å². The number of hydrogen-bond donors (Lipinski definition) is 0. The van der Waals surface area contributed by atoms with Gasteiger partial charge in [-0.2, -0.15) is 0 Å². The van der Waals surface area contributed by atoms with E-state index in [0.29, 0.717) is 11.8 Å². The van der Waals surface area contributed by atoms with E-state index in [1.807, 2.05) is 0 Å². The fraction of sp³-hybridized carbons (Fsp3) is 0.750. The monoisotopic (exact) mass is 180 g/mol. The third-order valence-electron chi connectivity index (χ3n) is 2.77. The topological polar surface area (TPSA) is 17.1 Å². The number of carbonyl (C=O) groups excluding carboxylic acids is 1. The molecule has 0 N–H and O–H groups in total. The van der Waals surface area contributed by atoms with E-state index < -0.39 is 0 Å². The largest absolute Gasteiger partial charge is 0.303 e. The molecule has 1 nitrogen and oxygen atoms in total. The van der Waals surface area contributed by atoms with Crippen molar-refractivity contribution in [3.05, 3.63) is 11.6 Å². The molecule has 1 saturated carbocycles. The van der Waals surface area contributed by atoms with Crippen molar-refractivity contribution in [2.24, 2.45) is 5.41 Å². The fourth-order valence-electron chi connectivity index (χ4n) is 2.12. The fourth-order valence-corrected chi connectivity index (χ4v) is 2.12. The molecule has 0 aliphatic heterocycles. The van der Waals surface area contributed by atoms with Crippen LogP contribution in [0.2, 0.25) is 0 Å². The molecule has 0 aromatic carbocycles. The molecule has 0 heterocycles. The Hall–Kier alpha value is -0.590. The van der Waals surface area contributed by atoms with E-state index >= 15 is 0 Å². The van der Waals surface area contributed by atoms with Crippen molar-refractivity contribution < 1.29 is 4.79 Å². The average Bonchev–Trinajstić information content (AvgIpc) is 2.03. The Labute approximate surface area is 81.2 Å². The van der Waals surface area contributed by atoms with Crippen LogP contribution in [0.25, 0.3) is 0 Å². The summed E-state index contributed by atoms with van der Waals surface area (Å²) in [7, 11) is 0. The van der Waals surface area contributed by atoms with E-state index in [2.05, 4.69) is 19.9 Å². The average molecular weight is 180 g/mol. The zero-order valence-corrected chi connectivity index (χ0v) is 8.81. The molecule has 1 fully saturated rings. The highest BCUT2D eigenvalue weighted by Gasteiger charge is 2.23. The summed E-state index contributed by atoms with van der Waals surface area (Å²) < 4.78 is 0. The number of allylic oxidation sites excluding steroid dienone is 2. The number of rotatable bonds is 3. The second-order valence-corrected chi connectivity index (χ2v) is 4.80. The highest BCUT2D eigenvalue weighted by atomic mass is 16.1. The normalized spacial score (nSPS) is 24.6. The third kappa shape index (κ3) is 3.75. The summed E-state index contributed by atoms with van der Waals surface area (Å²) in [5.41, 5.74) is 2.06. The highest BCUT2D eigenvalue weighted by Crippen LogP contribution is 2.38. The first-order chi connectivity index (χ1) is 6.14. The number of unbranched alkanes of at least 4 members (excludes halogenated alkanes) is 1. The summed E-state index contributed by atoms with van der Waals surface area (Å²) in [5.74, 6) is 0. The maximum atomic E-state index is 10.1. The summed E-state index contributed by atoms with van der Waals surface area (Å²) in [6, 6.07) is 0. The van der Waals surface area contributed by atoms with Crippen LogP contribution < -0.4 is 0 Å². The van der Waals surface area contributed by atoms with Crippen molar-refractivity contribution in [3.8, 4) is 0 Å². The molecule has 0 saturated heterocycles. The van der Waals surface area contributed by atoms with Gasteiger partial charge in [0.2, 0.25) is 0 Å². The zero-order chi connectivity index (χ0) is 9.73. The summed E-state index contributed by atoms with van der Waals surface area (Å²) in [4.78, 5) is 10.1. The molecule has 1 aliphatic rings. The Morgan fingerprint density at radius 1 is 1.38 bits per heavy atom. The van der Waals surface area contributed by atoms with Crippen LogP contribution in [0.3, 0.4) is 0 Å². The van der Waals surface area contributed by atoms with E-state index in [1.165, 1.54) is 25.7 Å². The molecular weight excluding hydrogens is 160 g/mol. The molecule has 1 aliphatic carbocycles. The molecule has 0 aromatic heterocycles. The summed E-state index contributed by atoms with van der Waals surface area (Å²) >= 11 is 0. The van der Waals surface area contributed by atoms with Crippen LogP contribution >= 0.6 is 0 Å². The molecule has 0 bridgehead atoms. The van der Waals surface area contributed by atoms with Gasteiger partial charge in [0, 0.05) is 6.42 Å². The van der Waals surface area contributed by atoms with Crippen LogP contribution in [0, 0.1) is 5.41 Å². The van der Waals surface area contributed by atoms with Gasteiger partial charge in [-0.25, -0.2) is 0 Å². The minimum Gasteiger partial charge on any atom is -0.303 e. The molecule has 1 heteroatoms. The van der Waals surface area contributed by atoms with Crippen molar-refractivity contribution in [2.75, 3.05) is 0 Å². The summed E-state index contributed by atoms with van der Waals surface area (Å²) in [5, 5.41) is 0. The molecule has 0 spiro atoms. The molecule has 0 amide bonds. The molecule has 0 unspecified atom stereocenters. The second kappa shape index (κ2) is 4.59. The predicted octanol–water partition coefficient (Wildman–Crippen LogP) is 3.49. The van der Waals surface area contributed by atoms with Gasteiger partial charge in [-0.05, 0) is 37.5 Å². The van der Waals surface area contributed by atoms with Gasteiger partial charge in [0.1, 0.15) is 6.29 Å². The van der Waals surface area contributed by atoms with E-state index in [0.717, 1.165) is 12.7 Å². The maximum Gasteiger partial charge on any atom is 0.120 e. The van der Waals surface area contributed by atoms with Crippen molar-refractivity contribution in [1.29, 1.82) is 0 Å². The Morgan fingerprint density at radius 2 is 2.15 bits per heavy atom. The van der Waals surface area contributed by atoms with Gasteiger partial charge < -0.3 is 4.79 Å². The van der Waals surface area contributed by atoms with E-state index in [-0.39, 0.29) is 0 Å². The van der Waals surface area contributed by atoms with Crippen molar-refractivity contribution in [3.63, 3.8) is 0 Å². The van der Waals surface area contributed by atoms with E-state index in [9.17, 15) is 4.79 Å². The van der Waals surface area contributed by atoms with Crippen LogP contribution in [-0.2, 0) is 4.79 Å². The minimum absolute atomic E-state index is 0.491. The molecular formula is C12H20O. The van der Waals surface area contributed by atoms with Crippen molar-refractivity contribution in [1.82, 2.24) is 0 Å². The molecule has 0 aromatic rings. The predicted molar refractivity (Wildman–Crippen MR) is 55.6 cm³/mol. The van der Waals surface area contributed by atoms with Crippen LogP contribution in [0.15, 0.2) is 11.6 Å². The molecule has 13 heavy (non-hydrogen) atoms. The van der Waals surface area contributed by atoms with Crippen LogP contribution in [0.1, 0.15) is 52.4 Å². The Kier molecular flexibility index (Phi) is 3.71. The first-order valence-electron chi connectivity index (χ1n) is 5.26. The first kappa shape index (κ1) is 10.5. The molecule has 1 rings (SSSR count). The van der Waals surface area contributed by atoms with Gasteiger partial charge in [0.15, 0.2) is 0 Å². The minimum atomic E-state index is 0.491. The third-order valence-corrected chi connectivity index (χ3v) is 2.77. The number of carbonyl (C=O) groups is 1. The van der Waals surface area contributed by atoms with Crippen LogP contribution in [-0.4, -0.2) is 6.29 Å².